The van der Waals surface area contributed by atoms with Crippen LogP contribution in [0.25, 0.3) is 11.3 Å². The van der Waals surface area contributed by atoms with Crippen molar-refractivity contribution in [1.82, 2.24) is 20.2 Å². The molecule has 1 unspecified atom stereocenters. The van der Waals surface area contributed by atoms with Gasteiger partial charge in [0.25, 0.3) is 0 Å². The number of likely N-dealkylation sites (tertiary alicyclic amines) is 1. The summed E-state index contributed by atoms with van der Waals surface area (Å²) in [6, 6.07) is 18.2. The van der Waals surface area contributed by atoms with E-state index in [1.165, 1.54) is 23.1 Å². The second-order valence-electron chi connectivity index (χ2n) is 10.4. The first-order valence-corrected chi connectivity index (χ1v) is 16.6. The Labute approximate surface area is 269 Å². The first-order valence-electron chi connectivity index (χ1n) is 13.9. The number of piperidine rings is 1. The molecular formula is C31H32Cl2N6O2S2. The molecule has 1 atom stereocenters. The Morgan fingerprint density at radius 1 is 1.07 bits per heavy atom. The number of hydrogen-bond donors (Lipinski definition) is 3. The van der Waals surface area contributed by atoms with Gasteiger partial charge in [0.1, 0.15) is 0 Å². The number of nitrogens with one attached hydrogen (secondary N) is 2. The molecule has 4 N–H and O–H groups in total. The van der Waals surface area contributed by atoms with E-state index in [0.717, 1.165) is 59.3 Å². The summed E-state index contributed by atoms with van der Waals surface area (Å²) in [5.74, 6) is 0.0395. The first kappa shape index (κ1) is 31.4. The highest BCUT2D eigenvalue weighted by Crippen LogP contribution is 2.30. The van der Waals surface area contributed by atoms with Crippen molar-refractivity contribution in [1.29, 1.82) is 0 Å². The summed E-state index contributed by atoms with van der Waals surface area (Å²) < 4.78 is 0.813. The lowest BCUT2D eigenvalue weighted by molar-refractivity contribution is -0.119. The summed E-state index contributed by atoms with van der Waals surface area (Å²) in [6.45, 7) is 2.63. The third kappa shape index (κ3) is 9.25. The van der Waals surface area contributed by atoms with Crippen molar-refractivity contribution in [3.8, 4) is 11.3 Å². The van der Waals surface area contributed by atoms with E-state index >= 15 is 0 Å². The van der Waals surface area contributed by atoms with Gasteiger partial charge in [0.15, 0.2) is 4.34 Å². The standard InChI is InChI=1S/C31H32Cl2N6O2S2/c32-25-8-7-20(14-26(25)33)17-39-12-9-22(10-13-39)36-29(40)19-43-31-38-28(18-42-31)21-4-3-6-24(15-21)37-30(41)27(34)16-23-5-1-2-11-35-23/h1-8,11,14-15,18,22,27H,9-10,12-13,16-17,19,34H2,(H,36,40)(H,37,41). The molecule has 1 fully saturated rings. The normalized spacial score (nSPS) is 14.8. The van der Waals surface area contributed by atoms with E-state index in [4.69, 9.17) is 33.9 Å². The molecule has 1 saturated heterocycles. The Morgan fingerprint density at radius 3 is 2.67 bits per heavy atom. The summed E-state index contributed by atoms with van der Waals surface area (Å²) in [5.41, 5.74) is 10.3. The summed E-state index contributed by atoms with van der Waals surface area (Å²) in [6.07, 6.45) is 3.84. The Balaban J connectivity index is 1.05. The largest absolute Gasteiger partial charge is 0.353 e. The van der Waals surface area contributed by atoms with E-state index in [1.807, 2.05) is 66.0 Å². The van der Waals surface area contributed by atoms with Crippen LogP contribution in [0.1, 0.15) is 24.1 Å². The highest BCUT2D eigenvalue weighted by Gasteiger charge is 2.21. The van der Waals surface area contributed by atoms with E-state index in [0.29, 0.717) is 27.9 Å². The lowest BCUT2D eigenvalue weighted by atomic mass is 10.0. The topological polar surface area (TPSA) is 113 Å². The van der Waals surface area contributed by atoms with Crippen molar-refractivity contribution in [3.63, 3.8) is 0 Å². The molecule has 2 aromatic carbocycles. The molecule has 0 aliphatic carbocycles. The number of amides is 2. The number of thioether (sulfide) groups is 1. The van der Waals surface area contributed by atoms with Crippen LogP contribution in [-0.4, -0.2) is 57.6 Å². The summed E-state index contributed by atoms with van der Waals surface area (Å²) >= 11 is 15.1. The number of aromatic nitrogens is 2. The van der Waals surface area contributed by atoms with Gasteiger partial charge in [0.2, 0.25) is 11.8 Å². The van der Waals surface area contributed by atoms with E-state index < -0.39 is 6.04 Å². The highest BCUT2D eigenvalue weighted by atomic mass is 35.5. The SMILES string of the molecule is NC(Cc1ccccn1)C(=O)Nc1cccc(-c2csc(SCC(=O)NC3CCN(Cc4ccc(Cl)c(Cl)c4)CC3)n2)c1. The number of carbonyl (C=O) groups is 2. The zero-order chi connectivity index (χ0) is 30.2. The minimum absolute atomic E-state index is 0.0106. The van der Waals surface area contributed by atoms with Crippen LogP contribution in [-0.2, 0) is 22.6 Å². The number of rotatable bonds is 11. The Kier molecular flexibility index (Phi) is 11.1. The molecule has 4 aromatic rings. The Bertz CT molecular complexity index is 1550. The summed E-state index contributed by atoms with van der Waals surface area (Å²) in [7, 11) is 0. The van der Waals surface area contributed by atoms with Crippen molar-refractivity contribution in [3.05, 3.63) is 93.5 Å². The molecule has 12 heteroatoms. The number of thiazole rings is 1. The van der Waals surface area contributed by atoms with Crippen LogP contribution in [0.15, 0.2) is 76.6 Å². The monoisotopic (exact) mass is 654 g/mol. The van der Waals surface area contributed by atoms with Crippen LogP contribution in [0.3, 0.4) is 0 Å². The molecule has 0 spiro atoms. The quantitative estimate of drug-likeness (QED) is 0.173. The zero-order valence-corrected chi connectivity index (χ0v) is 26.5. The number of nitrogens with zero attached hydrogens (tertiary/aromatic N) is 3. The van der Waals surface area contributed by atoms with Gasteiger partial charge in [-0.2, -0.15) is 0 Å². The Hall–Kier alpha value is -2.99. The smallest absolute Gasteiger partial charge is 0.241 e. The molecule has 2 aromatic heterocycles. The van der Waals surface area contributed by atoms with Gasteiger partial charge in [-0.15, -0.1) is 11.3 Å². The summed E-state index contributed by atoms with van der Waals surface area (Å²) in [4.78, 5) is 36.6. The molecule has 5 rings (SSSR count). The lowest BCUT2D eigenvalue weighted by Gasteiger charge is -2.32. The average molecular weight is 656 g/mol. The van der Waals surface area contributed by atoms with Gasteiger partial charge < -0.3 is 16.4 Å². The van der Waals surface area contributed by atoms with E-state index in [9.17, 15) is 9.59 Å². The van der Waals surface area contributed by atoms with Crippen LogP contribution in [0.2, 0.25) is 10.0 Å². The minimum Gasteiger partial charge on any atom is -0.353 e. The maximum Gasteiger partial charge on any atom is 0.241 e. The second-order valence-corrected chi connectivity index (χ2v) is 13.3. The van der Waals surface area contributed by atoms with Crippen molar-refractivity contribution in [2.75, 3.05) is 24.2 Å². The van der Waals surface area contributed by atoms with Crippen molar-refractivity contribution < 1.29 is 9.59 Å². The van der Waals surface area contributed by atoms with Crippen molar-refractivity contribution in [2.24, 2.45) is 5.73 Å². The predicted molar refractivity (Wildman–Crippen MR) is 176 cm³/mol. The Morgan fingerprint density at radius 2 is 1.91 bits per heavy atom. The van der Waals surface area contributed by atoms with E-state index in [2.05, 4.69) is 20.5 Å². The van der Waals surface area contributed by atoms with Crippen LogP contribution in [0.4, 0.5) is 5.69 Å². The first-order chi connectivity index (χ1) is 20.8. The van der Waals surface area contributed by atoms with Crippen molar-refractivity contribution in [2.45, 2.75) is 42.2 Å². The third-order valence-corrected chi connectivity index (χ3v) is 9.83. The van der Waals surface area contributed by atoms with Crippen LogP contribution in [0, 0.1) is 0 Å². The predicted octanol–water partition coefficient (Wildman–Crippen LogP) is 5.89. The van der Waals surface area contributed by atoms with E-state index in [-0.39, 0.29) is 17.9 Å². The minimum atomic E-state index is -0.714. The second kappa shape index (κ2) is 15.1. The number of nitrogens with two attached hydrogens (primary N) is 1. The molecule has 0 bridgehead atoms. The van der Waals surface area contributed by atoms with Crippen LogP contribution in [0.5, 0.6) is 0 Å². The van der Waals surface area contributed by atoms with Crippen LogP contribution < -0.4 is 16.4 Å². The molecular weight excluding hydrogens is 623 g/mol. The molecule has 8 nitrogen and oxygen atoms in total. The number of carbonyl (C=O) groups excluding carboxylic acids is 2. The molecule has 0 saturated carbocycles. The van der Waals surface area contributed by atoms with Crippen molar-refractivity contribution >= 4 is 63.8 Å². The van der Waals surface area contributed by atoms with Gasteiger partial charge in [-0.1, -0.05) is 59.2 Å². The van der Waals surface area contributed by atoms with E-state index in [1.54, 1.807) is 6.20 Å². The van der Waals surface area contributed by atoms with Crippen LogP contribution >= 0.6 is 46.3 Å². The molecule has 43 heavy (non-hydrogen) atoms. The number of benzene rings is 2. The van der Waals surface area contributed by atoms with Gasteiger partial charge in [0.05, 0.1) is 27.5 Å². The lowest BCUT2D eigenvalue weighted by Crippen LogP contribution is -2.44. The highest BCUT2D eigenvalue weighted by molar-refractivity contribution is 8.01. The molecule has 224 valence electrons. The molecule has 2 amide bonds. The molecule has 0 radical (unpaired) electrons. The van der Waals surface area contributed by atoms with Gasteiger partial charge in [-0.25, -0.2) is 4.98 Å². The number of hydrogen-bond acceptors (Lipinski definition) is 8. The van der Waals surface area contributed by atoms with Gasteiger partial charge in [-0.3, -0.25) is 19.5 Å². The van der Waals surface area contributed by atoms with Gasteiger partial charge in [-0.05, 0) is 54.8 Å². The third-order valence-electron chi connectivity index (χ3n) is 7.07. The number of pyridine rings is 1. The molecule has 1 aliphatic heterocycles. The van der Waals surface area contributed by atoms with Gasteiger partial charge >= 0.3 is 0 Å². The van der Waals surface area contributed by atoms with Gasteiger partial charge in [0, 0.05) is 60.6 Å². The number of halogens is 2. The maximum absolute atomic E-state index is 12.7. The maximum atomic E-state index is 12.7. The fourth-order valence-electron chi connectivity index (χ4n) is 4.81. The fraction of sp³-hybridized carbons (Fsp3) is 0.290. The fourth-order valence-corrected chi connectivity index (χ4v) is 6.78. The summed E-state index contributed by atoms with van der Waals surface area (Å²) in [5, 5.41) is 9.15. The number of anilines is 1. The molecule has 1 aliphatic rings. The molecule has 3 heterocycles. The zero-order valence-electron chi connectivity index (χ0n) is 23.3. The average Bonchev–Trinajstić information content (AvgIpc) is 3.49.